The summed E-state index contributed by atoms with van der Waals surface area (Å²) < 4.78 is 10.2. The van der Waals surface area contributed by atoms with Gasteiger partial charge in [-0.2, -0.15) is 0 Å². The summed E-state index contributed by atoms with van der Waals surface area (Å²) in [6, 6.07) is 3.69. The Kier molecular flexibility index (Phi) is 5.55. The van der Waals surface area contributed by atoms with Crippen LogP contribution in [0.2, 0.25) is 0 Å². The molecule has 0 aliphatic heterocycles. The Morgan fingerprint density at radius 2 is 2.16 bits per heavy atom. The first kappa shape index (κ1) is 17.7. The van der Waals surface area contributed by atoms with Crippen molar-refractivity contribution >= 4 is 28.2 Å². The van der Waals surface area contributed by atoms with E-state index in [2.05, 4.69) is 5.32 Å². The molecule has 0 bridgehead atoms. The molecule has 0 spiro atoms. The number of rotatable bonds is 6. The van der Waals surface area contributed by atoms with E-state index in [1.54, 1.807) is 6.26 Å². The molecule has 1 N–H and O–H groups in total. The van der Waals surface area contributed by atoms with Crippen molar-refractivity contribution in [2.24, 2.45) is 0 Å². The van der Waals surface area contributed by atoms with Crippen LogP contribution in [-0.4, -0.2) is 37.5 Å². The van der Waals surface area contributed by atoms with Crippen LogP contribution < -0.4 is 5.32 Å². The second kappa shape index (κ2) is 7.84. The van der Waals surface area contributed by atoms with Gasteiger partial charge in [0.05, 0.1) is 32.0 Å². The number of furan rings is 1. The highest BCUT2D eigenvalue weighted by molar-refractivity contribution is 7.17. The summed E-state index contributed by atoms with van der Waals surface area (Å²) in [5.74, 6) is 0.272. The summed E-state index contributed by atoms with van der Waals surface area (Å²) >= 11 is 1.50. The first-order valence-corrected chi connectivity index (χ1v) is 9.13. The van der Waals surface area contributed by atoms with Crippen LogP contribution in [0.25, 0.3) is 0 Å². The predicted molar refractivity (Wildman–Crippen MR) is 96.0 cm³/mol. The lowest BCUT2D eigenvalue weighted by Gasteiger charge is -2.15. The van der Waals surface area contributed by atoms with Crippen molar-refractivity contribution in [2.75, 3.05) is 26.0 Å². The number of carbonyl (C=O) groups excluding carboxylic acids is 2. The maximum absolute atomic E-state index is 12.4. The normalized spacial score (nSPS) is 13.6. The van der Waals surface area contributed by atoms with E-state index in [-0.39, 0.29) is 18.4 Å². The summed E-state index contributed by atoms with van der Waals surface area (Å²) in [6.45, 7) is 0.759. The van der Waals surface area contributed by atoms with Crippen LogP contribution in [0.15, 0.2) is 22.8 Å². The van der Waals surface area contributed by atoms with Crippen molar-refractivity contribution in [3.8, 4) is 0 Å². The molecule has 7 heteroatoms. The largest absolute Gasteiger partial charge is 0.468 e. The van der Waals surface area contributed by atoms with Gasteiger partial charge in [0.15, 0.2) is 0 Å². The van der Waals surface area contributed by atoms with Gasteiger partial charge in [0.25, 0.3) is 0 Å². The Bertz CT molecular complexity index is 751. The molecule has 1 aliphatic rings. The van der Waals surface area contributed by atoms with Crippen LogP contribution in [0.3, 0.4) is 0 Å². The second-order valence-corrected chi connectivity index (χ2v) is 7.31. The molecule has 0 unspecified atom stereocenters. The summed E-state index contributed by atoms with van der Waals surface area (Å²) in [5.41, 5.74) is 1.58. The molecule has 2 aromatic heterocycles. The van der Waals surface area contributed by atoms with Gasteiger partial charge in [0.1, 0.15) is 10.8 Å². The molecule has 0 fully saturated rings. The maximum atomic E-state index is 12.4. The average molecular weight is 362 g/mol. The molecule has 3 rings (SSSR count). The van der Waals surface area contributed by atoms with Crippen LogP contribution in [-0.2, 0) is 28.9 Å². The lowest BCUT2D eigenvalue weighted by Crippen LogP contribution is -2.30. The minimum atomic E-state index is -0.376. The highest BCUT2D eigenvalue weighted by atomic mass is 32.1. The number of hydrogen-bond donors (Lipinski definition) is 1. The van der Waals surface area contributed by atoms with Gasteiger partial charge in [0, 0.05) is 4.88 Å². The standard InChI is InChI=1S/C18H22N2O4S/c1-20(10-12-6-5-9-24-12)11-15(21)19-17-16(18(22)23-2)13-7-3-4-8-14(13)25-17/h5-6,9H,3-4,7-8,10-11H2,1-2H3,(H,19,21). The van der Waals surface area contributed by atoms with Gasteiger partial charge in [-0.05, 0) is 50.4 Å². The quantitative estimate of drug-likeness (QED) is 0.800. The minimum Gasteiger partial charge on any atom is -0.468 e. The van der Waals surface area contributed by atoms with Gasteiger partial charge in [-0.15, -0.1) is 11.3 Å². The van der Waals surface area contributed by atoms with E-state index in [0.29, 0.717) is 17.1 Å². The Morgan fingerprint density at radius 3 is 2.88 bits per heavy atom. The van der Waals surface area contributed by atoms with Gasteiger partial charge < -0.3 is 14.5 Å². The third kappa shape index (κ3) is 4.11. The number of thiophene rings is 1. The number of anilines is 1. The first-order valence-electron chi connectivity index (χ1n) is 8.32. The minimum absolute atomic E-state index is 0.155. The molecule has 0 atom stereocenters. The third-order valence-electron chi connectivity index (χ3n) is 4.23. The van der Waals surface area contributed by atoms with Gasteiger partial charge >= 0.3 is 5.97 Å². The molecular formula is C18H22N2O4S. The second-order valence-electron chi connectivity index (χ2n) is 6.21. The highest BCUT2D eigenvalue weighted by Gasteiger charge is 2.27. The van der Waals surface area contributed by atoms with E-state index in [4.69, 9.17) is 9.15 Å². The summed E-state index contributed by atoms with van der Waals surface area (Å²) in [7, 11) is 3.22. The molecule has 2 heterocycles. The van der Waals surface area contributed by atoms with Gasteiger partial charge in [-0.3, -0.25) is 9.69 Å². The lowest BCUT2D eigenvalue weighted by molar-refractivity contribution is -0.117. The molecule has 134 valence electrons. The van der Waals surface area contributed by atoms with Crippen LogP contribution in [0, 0.1) is 0 Å². The molecule has 25 heavy (non-hydrogen) atoms. The van der Waals surface area contributed by atoms with Crippen molar-refractivity contribution in [1.82, 2.24) is 4.90 Å². The van der Waals surface area contributed by atoms with E-state index in [9.17, 15) is 9.59 Å². The van der Waals surface area contributed by atoms with Crippen molar-refractivity contribution < 1.29 is 18.7 Å². The number of amides is 1. The zero-order valence-electron chi connectivity index (χ0n) is 14.5. The van der Waals surface area contributed by atoms with E-state index in [1.165, 1.54) is 23.3 Å². The number of likely N-dealkylation sites (N-methyl/N-ethyl adjacent to an activating group) is 1. The molecule has 1 amide bonds. The molecule has 0 saturated heterocycles. The number of hydrogen-bond acceptors (Lipinski definition) is 6. The molecule has 1 aliphatic carbocycles. The molecule has 0 saturated carbocycles. The van der Waals surface area contributed by atoms with Crippen LogP contribution in [0.4, 0.5) is 5.00 Å². The van der Waals surface area contributed by atoms with Crippen LogP contribution in [0.5, 0.6) is 0 Å². The summed E-state index contributed by atoms with van der Waals surface area (Å²) in [5, 5.41) is 3.51. The number of carbonyl (C=O) groups is 2. The molecule has 2 aromatic rings. The van der Waals surface area contributed by atoms with Gasteiger partial charge in [-0.25, -0.2) is 4.79 Å². The summed E-state index contributed by atoms with van der Waals surface area (Å²) in [4.78, 5) is 27.6. The zero-order chi connectivity index (χ0) is 17.8. The fraction of sp³-hybridized carbons (Fsp3) is 0.444. The summed E-state index contributed by atoms with van der Waals surface area (Å²) in [6.07, 6.45) is 5.62. The Morgan fingerprint density at radius 1 is 1.36 bits per heavy atom. The van der Waals surface area contributed by atoms with Crippen LogP contribution in [0.1, 0.15) is 39.4 Å². The molecule has 0 aromatic carbocycles. The van der Waals surface area contributed by atoms with E-state index < -0.39 is 0 Å². The average Bonchev–Trinajstić information content (AvgIpc) is 3.20. The third-order valence-corrected chi connectivity index (χ3v) is 5.44. The zero-order valence-corrected chi connectivity index (χ0v) is 15.3. The predicted octanol–water partition coefficient (Wildman–Crippen LogP) is 3.08. The number of aryl methyl sites for hydroxylation is 1. The van der Waals surface area contributed by atoms with Crippen LogP contribution >= 0.6 is 11.3 Å². The maximum Gasteiger partial charge on any atom is 0.341 e. The topological polar surface area (TPSA) is 71.8 Å². The first-order chi connectivity index (χ1) is 12.1. The number of fused-ring (bicyclic) bond motifs is 1. The van der Waals surface area contributed by atoms with E-state index in [0.717, 1.165) is 37.0 Å². The number of nitrogens with zero attached hydrogens (tertiary/aromatic N) is 1. The highest BCUT2D eigenvalue weighted by Crippen LogP contribution is 2.38. The van der Waals surface area contributed by atoms with Crippen molar-refractivity contribution in [3.05, 3.63) is 40.2 Å². The van der Waals surface area contributed by atoms with Crippen molar-refractivity contribution in [2.45, 2.75) is 32.2 Å². The monoisotopic (exact) mass is 362 g/mol. The van der Waals surface area contributed by atoms with Crippen molar-refractivity contribution in [1.29, 1.82) is 0 Å². The molecule has 0 radical (unpaired) electrons. The molecule has 6 nitrogen and oxygen atoms in total. The lowest BCUT2D eigenvalue weighted by atomic mass is 9.95. The van der Waals surface area contributed by atoms with E-state index in [1.807, 2.05) is 24.1 Å². The van der Waals surface area contributed by atoms with E-state index >= 15 is 0 Å². The number of ether oxygens (including phenoxy) is 1. The Labute approximate surface area is 150 Å². The number of esters is 1. The smallest absolute Gasteiger partial charge is 0.341 e. The van der Waals surface area contributed by atoms with Gasteiger partial charge in [0.2, 0.25) is 5.91 Å². The molecular weight excluding hydrogens is 340 g/mol. The fourth-order valence-corrected chi connectivity index (χ4v) is 4.40. The SMILES string of the molecule is COC(=O)c1c(NC(=O)CN(C)Cc2ccco2)sc2c1CCCC2. The fourth-order valence-electron chi connectivity index (χ4n) is 3.11. The number of methoxy groups -OCH3 is 1. The Hall–Kier alpha value is -2.12. The van der Waals surface area contributed by atoms with Gasteiger partial charge in [-0.1, -0.05) is 0 Å². The Balaban J connectivity index is 1.70. The van der Waals surface area contributed by atoms with Crippen molar-refractivity contribution in [3.63, 3.8) is 0 Å². The number of nitrogens with one attached hydrogen (secondary N) is 1.